The van der Waals surface area contributed by atoms with E-state index < -0.39 is 12.2 Å². The Balaban J connectivity index is 2.22. The molecule has 0 aromatic rings. The molecule has 0 aromatic carbocycles. The van der Waals surface area contributed by atoms with Crippen molar-refractivity contribution < 1.29 is 15.0 Å². The van der Waals surface area contributed by atoms with Gasteiger partial charge in [-0.1, -0.05) is 12.2 Å². The number of amides is 1. The van der Waals surface area contributed by atoms with Gasteiger partial charge in [0.25, 0.3) is 0 Å². The molecule has 0 aromatic heterocycles. The summed E-state index contributed by atoms with van der Waals surface area (Å²) in [5, 5.41) is 19.1. The summed E-state index contributed by atoms with van der Waals surface area (Å²) in [7, 11) is 0. The zero-order chi connectivity index (χ0) is 10.3. The van der Waals surface area contributed by atoms with E-state index in [4.69, 9.17) is 0 Å². The Bertz CT molecular complexity index is 277. The lowest BCUT2D eigenvalue weighted by Gasteiger charge is -2.20. The van der Waals surface area contributed by atoms with Crippen LogP contribution in [-0.4, -0.2) is 45.8 Å². The topological polar surface area (TPSA) is 60.8 Å². The summed E-state index contributed by atoms with van der Waals surface area (Å²) in [6, 6.07) is -0.214. The number of rotatable bonds is 1. The average molecular weight is 197 g/mol. The number of aliphatic hydroxyl groups excluding tert-OH is 2. The van der Waals surface area contributed by atoms with Crippen LogP contribution in [0.25, 0.3) is 0 Å². The van der Waals surface area contributed by atoms with Crippen molar-refractivity contribution in [3.8, 4) is 0 Å². The summed E-state index contributed by atoms with van der Waals surface area (Å²) in [6.45, 7) is 2.17. The molecule has 2 heterocycles. The second-order valence-electron chi connectivity index (χ2n) is 3.99. The summed E-state index contributed by atoms with van der Waals surface area (Å²) in [4.78, 5) is 13.1. The summed E-state index contributed by atoms with van der Waals surface area (Å²) < 4.78 is 0. The molecule has 2 fully saturated rings. The Labute approximate surface area is 82.8 Å². The van der Waals surface area contributed by atoms with Crippen LogP contribution in [0.4, 0.5) is 0 Å². The molecule has 0 spiro atoms. The third kappa shape index (κ3) is 1.26. The number of aliphatic hydroxyl groups is 2. The largest absolute Gasteiger partial charge is 0.388 e. The molecule has 0 unspecified atom stereocenters. The third-order valence-electron chi connectivity index (χ3n) is 3.10. The predicted octanol–water partition coefficient (Wildman–Crippen LogP) is -0.485. The fourth-order valence-electron chi connectivity index (χ4n) is 2.46. The molecule has 4 heteroatoms. The van der Waals surface area contributed by atoms with Gasteiger partial charge < -0.3 is 15.1 Å². The summed E-state index contributed by atoms with van der Waals surface area (Å²) >= 11 is 0. The van der Waals surface area contributed by atoms with Crippen LogP contribution >= 0.6 is 0 Å². The highest BCUT2D eigenvalue weighted by molar-refractivity contribution is 5.80. The van der Waals surface area contributed by atoms with E-state index in [0.29, 0.717) is 6.42 Å². The minimum absolute atomic E-state index is 0.0358. The van der Waals surface area contributed by atoms with Gasteiger partial charge in [0.15, 0.2) is 0 Å². The van der Waals surface area contributed by atoms with Gasteiger partial charge in [0.05, 0.1) is 12.1 Å². The number of carbonyl (C=O) groups is 1. The number of fused-ring (bicyclic) bond motifs is 1. The SMILES string of the molecule is C/C=C/[C@H]1CC(=O)N2C[C@H](O)[C@@H](O)[C@H]12. The molecule has 1 amide bonds. The molecule has 4 atom stereocenters. The van der Waals surface area contributed by atoms with Crippen LogP contribution in [0.1, 0.15) is 13.3 Å². The Hall–Kier alpha value is -0.870. The van der Waals surface area contributed by atoms with E-state index in [1.165, 1.54) is 0 Å². The monoisotopic (exact) mass is 197 g/mol. The first-order valence-electron chi connectivity index (χ1n) is 4.93. The molecule has 0 saturated carbocycles. The molecule has 2 rings (SSSR count). The van der Waals surface area contributed by atoms with Crippen molar-refractivity contribution in [1.82, 2.24) is 4.90 Å². The Kier molecular flexibility index (Phi) is 2.33. The zero-order valence-corrected chi connectivity index (χ0v) is 8.13. The summed E-state index contributed by atoms with van der Waals surface area (Å²) in [5.41, 5.74) is 0. The number of nitrogens with zero attached hydrogens (tertiary/aromatic N) is 1. The van der Waals surface area contributed by atoms with Crippen LogP contribution in [0.5, 0.6) is 0 Å². The van der Waals surface area contributed by atoms with Gasteiger partial charge in [-0.15, -0.1) is 0 Å². The van der Waals surface area contributed by atoms with Gasteiger partial charge in [-0.25, -0.2) is 0 Å². The van der Waals surface area contributed by atoms with E-state index in [-0.39, 0.29) is 24.4 Å². The zero-order valence-electron chi connectivity index (χ0n) is 8.13. The maximum absolute atomic E-state index is 11.5. The first kappa shape index (κ1) is 9.68. The molecule has 0 bridgehead atoms. The van der Waals surface area contributed by atoms with Crippen molar-refractivity contribution in [2.45, 2.75) is 31.6 Å². The van der Waals surface area contributed by atoms with E-state index in [1.807, 2.05) is 19.1 Å². The number of hydrogen-bond acceptors (Lipinski definition) is 3. The second-order valence-corrected chi connectivity index (χ2v) is 3.99. The van der Waals surface area contributed by atoms with Gasteiger partial charge in [-0.2, -0.15) is 0 Å². The van der Waals surface area contributed by atoms with Crippen molar-refractivity contribution in [2.75, 3.05) is 6.54 Å². The van der Waals surface area contributed by atoms with E-state index in [0.717, 1.165) is 0 Å². The van der Waals surface area contributed by atoms with Crippen molar-refractivity contribution in [2.24, 2.45) is 5.92 Å². The molecule has 78 valence electrons. The van der Waals surface area contributed by atoms with Gasteiger partial charge in [0.1, 0.15) is 6.10 Å². The Morgan fingerprint density at radius 2 is 2.21 bits per heavy atom. The molecular formula is C10H15NO3. The highest BCUT2D eigenvalue weighted by Crippen LogP contribution is 2.34. The summed E-state index contributed by atoms with van der Waals surface area (Å²) in [5.74, 6) is 0.0911. The van der Waals surface area contributed by atoms with Crippen LogP contribution in [0.2, 0.25) is 0 Å². The van der Waals surface area contributed by atoms with Crippen LogP contribution in [0, 0.1) is 5.92 Å². The van der Waals surface area contributed by atoms with Crippen LogP contribution in [-0.2, 0) is 4.79 Å². The van der Waals surface area contributed by atoms with Crippen molar-refractivity contribution in [1.29, 1.82) is 0 Å². The maximum atomic E-state index is 11.5. The lowest BCUT2D eigenvalue weighted by molar-refractivity contribution is -0.128. The molecule has 2 aliphatic heterocycles. The van der Waals surface area contributed by atoms with Crippen LogP contribution in [0.3, 0.4) is 0 Å². The lowest BCUT2D eigenvalue weighted by atomic mass is 9.95. The van der Waals surface area contributed by atoms with E-state index in [9.17, 15) is 15.0 Å². The van der Waals surface area contributed by atoms with E-state index in [2.05, 4.69) is 0 Å². The third-order valence-corrected chi connectivity index (χ3v) is 3.10. The van der Waals surface area contributed by atoms with Crippen LogP contribution in [0.15, 0.2) is 12.2 Å². The summed E-state index contributed by atoms with van der Waals surface area (Å²) in [6.07, 6.45) is 2.71. The van der Waals surface area contributed by atoms with Gasteiger partial charge in [-0.3, -0.25) is 4.79 Å². The molecule has 4 nitrogen and oxygen atoms in total. The smallest absolute Gasteiger partial charge is 0.223 e. The minimum Gasteiger partial charge on any atom is -0.388 e. The Morgan fingerprint density at radius 1 is 1.50 bits per heavy atom. The van der Waals surface area contributed by atoms with Gasteiger partial charge >= 0.3 is 0 Å². The maximum Gasteiger partial charge on any atom is 0.223 e. The fraction of sp³-hybridized carbons (Fsp3) is 0.700. The molecule has 2 aliphatic rings. The van der Waals surface area contributed by atoms with Crippen molar-refractivity contribution >= 4 is 5.91 Å². The number of allylic oxidation sites excluding steroid dienone is 1. The standard InChI is InChI=1S/C10H15NO3/c1-2-3-6-4-8(13)11-5-7(12)10(14)9(6)11/h2-3,6-7,9-10,12,14H,4-5H2,1H3/b3-2+/t6-,7-,9-,10+/m0/s1. The van der Waals surface area contributed by atoms with E-state index >= 15 is 0 Å². The predicted molar refractivity (Wildman–Crippen MR) is 50.4 cm³/mol. The van der Waals surface area contributed by atoms with Gasteiger partial charge in [0.2, 0.25) is 5.91 Å². The first-order chi connectivity index (χ1) is 6.65. The minimum atomic E-state index is -0.789. The number of hydrogen-bond donors (Lipinski definition) is 2. The lowest BCUT2D eigenvalue weighted by Crippen LogP contribution is -2.36. The average Bonchev–Trinajstić information content (AvgIpc) is 2.57. The first-order valence-corrected chi connectivity index (χ1v) is 4.93. The molecule has 0 radical (unpaired) electrons. The van der Waals surface area contributed by atoms with Crippen molar-refractivity contribution in [3.63, 3.8) is 0 Å². The normalized spacial score (nSPS) is 42.5. The fourth-order valence-corrected chi connectivity index (χ4v) is 2.46. The second kappa shape index (κ2) is 3.37. The van der Waals surface area contributed by atoms with Gasteiger partial charge in [0, 0.05) is 18.9 Å². The molecule has 0 aliphatic carbocycles. The highest BCUT2D eigenvalue weighted by atomic mass is 16.3. The van der Waals surface area contributed by atoms with Crippen LogP contribution < -0.4 is 0 Å². The molecular weight excluding hydrogens is 182 g/mol. The van der Waals surface area contributed by atoms with Gasteiger partial charge in [-0.05, 0) is 6.92 Å². The number of carbonyl (C=O) groups excluding carboxylic acids is 1. The highest BCUT2D eigenvalue weighted by Gasteiger charge is 2.50. The molecule has 2 saturated heterocycles. The van der Waals surface area contributed by atoms with Crippen molar-refractivity contribution in [3.05, 3.63) is 12.2 Å². The quantitative estimate of drug-likeness (QED) is 0.558. The molecule has 14 heavy (non-hydrogen) atoms. The molecule has 2 N–H and O–H groups in total. The Morgan fingerprint density at radius 3 is 2.86 bits per heavy atom. The van der Waals surface area contributed by atoms with E-state index in [1.54, 1.807) is 4.90 Å².